The number of hydrogen-bond donors (Lipinski definition) is 1. The monoisotopic (exact) mass is 384 g/mol. The topological polar surface area (TPSA) is 83.6 Å². The highest BCUT2D eigenvalue weighted by atomic mass is 32.2. The molecule has 3 rings (SSSR count). The third-order valence-corrected chi connectivity index (χ3v) is 6.48. The highest BCUT2D eigenvalue weighted by Gasteiger charge is 2.25. The van der Waals surface area contributed by atoms with E-state index in [0.29, 0.717) is 18.7 Å². The van der Waals surface area contributed by atoms with Gasteiger partial charge in [0.25, 0.3) is 10.0 Å². The average molecular weight is 384 g/mol. The third-order valence-electron chi connectivity index (χ3n) is 3.92. The highest BCUT2D eigenvalue weighted by molar-refractivity contribution is 7.92. The molecule has 0 saturated heterocycles. The number of nitrogens with one attached hydrogen (secondary N) is 1. The second-order valence-electron chi connectivity index (χ2n) is 5.85. The van der Waals surface area contributed by atoms with Crippen LogP contribution in [0.4, 0.5) is 15.8 Å². The molecule has 0 fully saturated rings. The molecule has 0 aromatic heterocycles. The molecule has 0 radical (unpaired) electrons. The van der Waals surface area contributed by atoms with Gasteiger partial charge in [-0.25, -0.2) is 21.2 Å². The minimum Gasteiger partial charge on any atom is -0.280 e. The van der Waals surface area contributed by atoms with E-state index in [2.05, 4.69) is 4.72 Å². The third kappa shape index (κ3) is 3.77. The lowest BCUT2D eigenvalue weighted by Crippen LogP contribution is -2.34. The number of fused-ring (bicyclic) bond motifs is 1. The van der Waals surface area contributed by atoms with E-state index in [1.165, 1.54) is 22.5 Å². The maximum absolute atomic E-state index is 13.3. The summed E-state index contributed by atoms with van der Waals surface area (Å²) in [5.41, 5.74) is 1.53. The van der Waals surface area contributed by atoms with Gasteiger partial charge in [0.15, 0.2) is 0 Å². The Kier molecular flexibility index (Phi) is 4.46. The fraction of sp³-hybridized carbons (Fsp3) is 0.250. The Labute approximate surface area is 146 Å². The summed E-state index contributed by atoms with van der Waals surface area (Å²) < 4.78 is 65.6. The van der Waals surface area contributed by atoms with Gasteiger partial charge in [0.05, 0.1) is 22.5 Å². The molecule has 6 nitrogen and oxygen atoms in total. The van der Waals surface area contributed by atoms with Gasteiger partial charge < -0.3 is 0 Å². The Hall–Kier alpha value is -2.13. The molecule has 1 aliphatic heterocycles. The molecule has 0 amide bonds. The fourth-order valence-corrected chi connectivity index (χ4v) is 4.87. The summed E-state index contributed by atoms with van der Waals surface area (Å²) in [6.45, 7) is 0.353. The van der Waals surface area contributed by atoms with E-state index in [1.807, 2.05) is 0 Å². The highest BCUT2D eigenvalue weighted by Crippen LogP contribution is 2.32. The minimum absolute atomic E-state index is 0.204. The lowest BCUT2D eigenvalue weighted by atomic mass is 10.0. The predicted octanol–water partition coefficient (Wildman–Crippen LogP) is 2.34. The Morgan fingerprint density at radius 3 is 2.52 bits per heavy atom. The molecule has 9 heteroatoms. The van der Waals surface area contributed by atoms with Crippen LogP contribution in [0.2, 0.25) is 0 Å². The van der Waals surface area contributed by atoms with Crippen molar-refractivity contribution in [3.63, 3.8) is 0 Å². The summed E-state index contributed by atoms with van der Waals surface area (Å²) in [5.74, 6) is -0.656. The fourth-order valence-electron chi connectivity index (χ4n) is 2.80. The lowest BCUT2D eigenvalue weighted by Gasteiger charge is -2.29. The summed E-state index contributed by atoms with van der Waals surface area (Å²) in [7, 11) is -7.42. The van der Waals surface area contributed by atoms with Gasteiger partial charge in [-0.1, -0.05) is 12.1 Å². The molecule has 2 aromatic carbocycles. The Balaban J connectivity index is 1.97. The summed E-state index contributed by atoms with van der Waals surface area (Å²) in [6, 6.07) is 9.43. The number of sulfonamides is 2. The molecule has 2 aromatic rings. The van der Waals surface area contributed by atoms with Gasteiger partial charge in [-0.15, -0.1) is 0 Å². The van der Waals surface area contributed by atoms with Crippen molar-refractivity contribution in [3.05, 3.63) is 53.8 Å². The van der Waals surface area contributed by atoms with Crippen LogP contribution < -0.4 is 9.03 Å². The largest absolute Gasteiger partial charge is 0.280 e. The molecule has 0 bridgehead atoms. The molecule has 0 unspecified atom stereocenters. The van der Waals surface area contributed by atoms with E-state index in [1.54, 1.807) is 12.1 Å². The van der Waals surface area contributed by atoms with Crippen molar-refractivity contribution in [1.82, 2.24) is 0 Å². The van der Waals surface area contributed by atoms with Crippen LogP contribution in [-0.2, 0) is 26.5 Å². The van der Waals surface area contributed by atoms with E-state index in [9.17, 15) is 21.2 Å². The molecule has 1 N–H and O–H groups in total. The van der Waals surface area contributed by atoms with Gasteiger partial charge in [-0.3, -0.25) is 9.03 Å². The molecule has 0 spiro atoms. The van der Waals surface area contributed by atoms with Crippen LogP contribution in [0.1, 0.15) is 12.0 Å². The number of anilines is 2. The smallest absolute Gasteiger partial charge is 0.261 e. The minimum atomic E-state index is -3.97. The first-order valence-corrected chi connectivity index (χ1v) is 10.9. The number of aryl methyl sites for hydroxylation is 1. The number of rotatable bonds is 4. The molecule has 25 heavy (non-hydrogen) atoms. The van der Waals surface area contributed by atoms with Crippen molar-refractivity contribution in [3.8, 4) is 0 Å². The van der Waals surface area contributed by atoms with Crippen molar-refractivity contribution >= 4 is 31.4 Å². The SMILES string of the molecule is CS(=O)(=O)N1CCCc2ccc(NS(=O)(=O)c3cccc(F)c3)cc21. The van der Waals surface area contributed by atoms with Crippen molar-refractivity contribution in [2.75, 3.05) is 21.8 Å². The van der Waals surface area contributed by atoms with Crippen LogP contribution in [-0.4, -0.2) is 29.6 Å². The summed E-state index contributed by atoms with van der Waals surface area (Å²) in [5, 5.41) is 0. The van der Waals surface area contributed by atoms with E-state index in [-0.39, 0.29) is 10.6 Å². The van der Waals surface area contributed by atoms with Crippen LogP contribution >= 0.6 is 0 Å². The number of hydrogen-bond acceptors (Lipinski definition) is 4. The molecule has 134 valence electrons. The molecule has 0 aliphatic carbocycles. The second kappa shape index (κ2) is 6.30. The van der Waals surface area contributed by atoms with Crippen LogP contribution in [0.25, 0.3) is 0 Å². The van der Waals surface area contributed by atoms with Gasteiger partial charge in [0, 0.05) is 6.54 Å². The van der Waals surface area contributed by atoms with Crippen molar-refractivity contribution in [1.29, 1.82) is 0 Å². The predicted molar refractivity (Wildman–Crippen MR) is 94.2 cm³/mol. The average Bonchev–Trinajstić information content (AvgIpc) is 2.53. The number of benzene rings is 2. The molecular formula is C16H17FN2O4S2. The first-order valence-electron chi connectivity index (χ1n) is 7.56. The standard InChI is InChI=1S/C16H17FN2O4S2/c1-24(20,21)19-9-3-4-12-7-8-14(11-16(12)19)18-25(22,23)15-6-2-5-13(17)10-15/h2,5-8,10-11,18H,3-4,9H2,1H3. The van der Waals surface area contributed by atoms with Gasteiger partial charge >= 0.3 is 0 Å². The number of halogens is 1. The van der Waals surface area contributed by atoms with Gasteiger partial charge in [-0.2, -0.15) is 0 Å². The maximum atomic E-state index is 13.3. The zero-order chi connectivity index (χ0) is 18.2. The van der Waals surface area contributed by atoms with E-state index in [4.69, 9.17) is 0 Å². The first kappa shape index (κ1) is 17.7. The van der Waals surface area contributed by atoms with E-state index < -0.39 is 25.9 Å². The maximum Gasteiger partial charge on any atom is 0.261 e. The van der Waals surface area contributed by atoms with E-state index in [0.717, 1.165) is 30.4 Å². The summed E-state index contributed by atoms with van der Waals surface area (Å²) in [4.78, 5) is -0.204. The summed E-state index contributed by atoms with van der Waals surface area (Å²) >= 11 is 0. The molecule has 0 saturated carbocycles. The lowest BCUT2D eigenvalue weighted by molar-refractivity contribution is 0.592. The zero-order valence-corrected chi connectivity index (χ0v) is 15.1. The first-order chi connectivity index (χ1) is 11.7. The van der Waals surface area contributed by atoms with Gasteiger partial charge in [0.2, 0.25) is 10.0 Å². The van der Waals surface area contributed by atoms with Crippen LogP contribution in [0, 0.1) is 5.82 Å². The van der Waals surface area contributed by atoms with Crippen molar-refractivity contribution in [2.45, 2.75) is 17.7 Å². The van der Waals surface area contributed by atoms with Crippen molar-refractivity contribution in [2.24, 2.45) is 0 Å². The number of nitrogens with zero attached hydrogens (tertiary/aromatic N) is 1. The molecule has 1 aliphatic rings. The Morgan fingerprint density at radius 1 is 1.08 bits per heavy atom. The normalized spacial score (nSPS) is 14.9. The van der Waals surface area contributed by atoms with Crippen LogP contribution in [0.5, 0.6) is 0 Å². The zero-order valence-electron chi connectivity index (χ0n) is 13.4. The Bertz CT molecular complexity index is 1020. The van der Waals surface area contributed by atoms with Crippen LogP contribution in [0.3, 0.4) is 0 Å². The Morgan fingerprint density at radius 2 is 1.84 bits per heavy atom. The quantitative estimate of drug-likeness (QED) is 0.877. The molecule has 1 heterocycles. The summed E-state index contributed by atoms with van der Waals surface area (Å²) in [6.07, 6.45) is 2.54. The molecule has 0 atom stereocenters. The molecular weight excluding hydrogens is 367 g/mol. The van der Waals surface area contributed by atoms with Crippen molar-refractivity contribution < 1.29 is 21.2 Å². The van der Waals surface area contributed by atoms with Gasteiger partial charge in [-0.05, 0) is 48.7 Å². The van der Waals surface area contributed by atoms with Gasteiger partial charge in [0.1, 0.15) is 5.82 Å². The van der Waals surface area contributed by atoms with Crippen LogP contribution in [0.15, 0.2) is 47.4 Å². The van der Waals surface area contributed by atoms with E-state index >= 15 is 0 Å². The second-order valence-corrected chi connectivity index (χ2v) is 9.43.